The zero-order valence-corrected chi connectivity index (χ0v) is 7.05. The summed E-state index contributed by atoms with van der Waals surface area (Å²) in [6, 6.07) is 0. The van der Waals surface area contributed by atoms with Crippen LogP contribution in [0.2, 0.25) is 0 Å². The second-order valence-electron chi connectivity index (χ2n) is 2.99. The predicted octanol–water partition coefficient (Wildman–Crippen LogP) is 0.217. The molecule has 0 bridgehead atoms. The quantitative estimate of drug-likeness (QED) is 0.591. The van der Waals surface area contributed by atoms with Crippen LogP contribution in [0.5, 0.6) is 0 Å². The molecule has 0 aliphatic carbocycles. The molecule has 0 aromatic heterocycles. The molecule has 1 heterocycles. The summed E-state index contributed by atoms with van der Waals surface area (Å²) in [5.41, 5.74) is 0. The number of hydrogen-bond acceptors (Lipinski definition) is 3. The maximum absolute atomic E-state index is 10.0. The number of rotatable bonds is 4. The highest BCUT2D eigenvalue weighted by Gasteiger charge is 2.16. The van der Waals surface area contributed by atoms with E-state index in [-0.39, 0.29) is 0 Å². The van der Waals surface area contributed by atoms with E-state index >= 15 is 0 Å². The Hall–Kier alpha value is -0.410. The van der Waals surface area contributed by atoms with Gasteiger partial charge in [0.25, 0.3) is 0 Å². The lowest BCUT2D eigenvalue weighted by atomic mass is 10.4. The molecule has 1 atom stereocenters. The van der Waals surface area contributed by atoms with E-state index in [0.717, 1.165) is 6.29 Å². The van der Waals surface area contributed by atoms with Crippen molar-refractivity contribution in [3.63, 3.8) is 0 Å². The van der Waals surface area contributed by atoms with Crippen molar-refractivity contribution in [1.82, 2.24) is 10.2 Å². The summed E-state index contributed by atoms with van der Waals surface area (Å²) in [4.78, 5) is 12.4. The van der Waals surface area contributed by atoms with E-state index in [0.29, 0.717) is 12.7 Å². The Morgan fingerprint density at radius 3 is 2.73 bits per heavy atom. The predicted molar refractivity (Wildman–Crippen MR) is 44.3 cm³/mol. The highest BCUT2D eigenvalue weighted by molar-refractivity contribution is 5.51. The van der Waals surface area contributed by atoms with Crippen LogP contribution in [0.25, 0.3) is 0 Å². The smallest absolute Gasteiger partial charge is 0.133 e. The average molecular weight is 156 g/mol. The molecular weight excluding hydrogens is 140 g/mol. The number of carbonyl (C=O) groups is 1. The van der Waals surface area contributed by atoms with Crippen LogP contribution in [0.3, 0.4) is 0 Å². The summed E-state index contributed by atoms with van der Waals surface area (Å²) in [5, 5.41) is 3.13. The molecule has 0 saturated carbocycles. The summed E-state index contributed by atoms with van der Waals surface area (Å²) >= 11 is 0. The Kier molecular flexibility index (Phi) is 3.52. The molecule has 0 spiro atoms. The zero-order chi connectivity index (χ0) is 8.10. The minimum absolute atomic E-state index is 0.364. The monoisotopic (exact) mass is 156 g/mol. The van der Waals surface area contributed by atoms with E-state index in [1.165, 1.54) is 25.9 Å². The Morgan fingerprint density at radius 1 is 1.55 bits per heavy atom. The van der Waals surface area contributed by atoms with Gasteiger partial charge in [-0.25, -0.2) is 0 Å². The minimum Gasteiger partial charge on any atom is -0.302 e. The number of hydrogen-bond donors (Lipinski definition) is 1. The number of nitrogens with zero attached hydrogens (tertiary/aromatic N) is 1. The van der Waals surface area contributed by atoms with Crippen LogP contribution in [-0.2, 0) is 4.79 Å². The second-order valence-corrected chi connectivity index (χ2v) is 2.99. The topological polar surface area (TPSA) is 32.3 Å². The summed E-state index contributed by atoms with van der Waals surface area (Å²) in [6.45, 7) is 4.92. The van der Waals surface area contributed by atoms with E-state index in [2.05, 4.69) is 17.1 Å². The van der Waals surface area contributed by atoms with Gasteiger partial charge in [-0.3, -0.25) is 10.2 Å². The second kappa shape index (κ2) is 4.46. The molecular formula is C8H16N2O. The van der Waals surface area contributed by atoms with Crippen molar-refractivity contribution in [3.05, 3.63) is 0 Å². The van der Waals surface area contributed by atoms with Gasteiger partial charge >= 0.3 is 0 Å². The van der Waals surface area contributed by atoms with Gasteiger partial charge in [-0.2, -0.15) is 0 Å². The average Bonchev–Trinajstić information content (AvgIpc) is 2.52. The Bertz CT molecular complexity index is 121. The number of likely N-dealkylation sites (tertiary alicyclic amines) is 1. The molecule has 1 aliphatic rings. The minimum atomic E-state index is 0.364. The Morgan fingerprint density at radius 2 is 2.18 bits per heavy atom. The normalized spacial score (nSPS) is 21.9. The van der Waals surface area contributed by atoms with Gasteiger partial charge in [0.05, 0.1) is 12.7 Å². The van der Waals surface area contributed by atoms with Gasteiger partial charge in [-0.05, 0) is 32.9 Å². The molecule has 1 fully saturated rings. The number of carbonyl (C=O) groups excluding carboxylic acids is 1. The molecule has 1 N–H and O–H groups in total. The van der Waals surface area contributed by atoms with Crippen molar-refractivity contribution < 1.29 is 4.79 Å². The van der Waals surface area contributed by atoms with Crippen LogP contribution in [0, 0.1) is 0 Å². The van der Waals surface area contributed by atoms with E-state index < -0.39 is 0 Å². The van der Waals surface area contributed by atoms with Gasteiger partial charge < -0.3 is 4.79 Å². The molecule has 0 aromatic rings. The van der Waals surface area contributed by atoms with Crippen molar-refractivity contribution in [2.24, 2.45) is 0 Å². The van der Waals surface area contributed by atoms with Crippen LogP contribution in [0.4, 0.5) is 0 Å². The molecule has 0 radical (unpaired) electrons. The molecule has 3 heteroatoms. The SMILES string of the molecule is CC(NCC=O)N1CCCC1. The summed E-state index contributed by atoms with van der Waals surface area (Å²) < 4.78 is 0. The molecule has 1 saturated heterocycles. The van der Waals surface area contributed by atoms with Gasteiger partial charge in [-0.1, -0.05) is 0 Å². The van der Waals surface area contributed by atoms with Crippen molar-refractivity contribution >= 4 is 6.29 Å². The molecule has 1 aliphatic heterocycles. The van der Waals surface area contributed by atoms with Gasteiger partial charge in [-0.15, -0.1) is 0 Å². The first-order chi connectivity index (χ1) is 5.34. The fourth-order valence-electron chi connectivity index (χ4n) is 1.48. The maximum atomic E-state index is 10.0. The molecule has 64 valence electrons. The lowest BCUT2D eigenvalue weighted by Gasteiger charge is -2.23. The van der Waals surface area contributed by atoms with Crippen LogP contribution in [0.15, 0.2) is 0 Å². The highest BCUT2D eigenvalue weighted by atomic mass is 16.1. The van der Waals surface area contributed by atoms with Gasteiger partial charge in [0.15, 0.2) is 0 Å². The van der Waals surface area contributed by atoms with Gasteiger partial charge in [0.2, 0.25) is 0 Å². The molecule has 3 nitrogen and oxygen atoms in total. The van der Waals surface area contributed by atoms with E-state index in [1.54, 1.807) is 0 Å². The van der Waals surface area contributed by atoms with Crippen molar-refractivity contribution in [3.8, 4) is 0 Å². The van der Waals surface area contributed by atoms with Crippen molar-refractivity contribution in [1.29, 1.82) is 0 Å². The molecule has 0 aromatic carbocycles. The van der Waals surface area contributed by atoms with Crippen LogP contribution in [-0.4, -0.2) is 37.0 Å². The highest BCUT2D eigenvalue weighted by Crippen LogP contribution is 2.09. The maximum Gasteiger partial charge on any atom is 0.133 e. The summed E-state index contributed by atoms with van der Waals surface area (Å²) in [5.74, 6) is 0. The first-order valence-electron chi connectivity index (χ1n) is 4.25. The van der Waals surface area contributed by atoms with Crippen LogP contribution in [0.1, 0.15) is 19.8 Å². The summed E-state index contributed by atoms with van der Waals surface area (Å²) in [6.07, 6.45) is 3.87. The largest absolute Gasteiger partial charge is 0.302 e. The van der Waals surface area contributed by atoms with Crippen molar-refractivity contribution in [2.45, 2.75) is 25.9 Å². The third-order valence-corrected chi connectivity index (χ3v) is 2.18. The molecule has 1 unspecified atom stereocenters. The first-order valence-corrected chi connectivity index (χ1v) is 4.25. The fourth-order valence-corrected chi connectivity index (χ4v) is 1.48. The van der Waals surface area contributed by atoms with E-state index in [4.69, 9.17) is 0 Å². The zero-order valence-electron chi connectivity index (χ0n) is 7.05. The summed E-state index contributed by atoms with van der Waals surface area (Å²) in [7, 11) is 0. The standard InChI is InChI=1S/C8H16N2O/c1-8(9-4-7-11)10-5-2-3-6-10/h7-9H,2-6H2,1H3. The molecule has 0 amide bonds. The van der Waals surface area contributed by atoms with Crippen LogP contribution < -0.4 is 5.32 Å². The Balaban J connectivity index is 2.16. The lowest BCUT2D eigenvalue weighted by molar-refractivity contribution is -0.107. The molecule has 1 rings (SSSR count). The first kappa shape index (κ1) is 8.68. The third kappa shape index (κ3) is 2.60. The van der Waals surface area contributed by atoms with E-state index in [9.17, 15) is 4.79 Å². The van der Waals surface area contributed by atoms with Crippen molar-refractivity contribution in [2.75, 3.05) is 19.6 Å². The Labute approximate surface area is 67.8 Å². The van der Waals surface area contributed by atoms with E-state index in [1.807, 2.05) is 0 Å². The number of nitrogens with one attached hydrogen (secondary N) is 1. The van der Waals surface area contributed by atoms with Gasteiger partial charge in [0, 0.05) is 0 Å². The third-order valence-electron chi connectivity index (χ3n) is 2.18. The van der Waals surface area contributed by atoms with Gasteiger partial charge in [0.1, 0.15) is 6.29 Å². The molecule has 11 heavy (non-hydrogen) atoms. The van der Waals surface area contributed by atoms with Crippen LogP contribution >= 0.6 is 0 Å². The lowest BCUT2D eigenvalue weighted by Crippen LogP contribution is -2.42. The fraction of sp³-hybridized carbons (Fsp3) is 0.875. The number of aldehydes is 1.